The van der Waals surface area contributed by atoms with Gasteiger partial charge >= 0.3 is 18.1 Å². The lowest BCUT2D eigenvalue weighted by atomic mass is 10.3. The molecule has 3 rings (SSSR count). The number of amides is 2. The van der Waals surface area contributed by atoms with E-state index in [0.717, 1.165) is 30.3 Å². The van der Waals surface area contributed by atoms with Crippen molar-refractivity contribution >= 4 is 29.0 Å². The van der Waals surface area contributed by atoms with Gasteiger partial charge in [0.2, 0.25) is 0 Å². The normalized spacial score (nSPS) is 18.1. The van der Waals surface area contributed by atoms with Crippen LogP contribution in [0.2, 0.25) is 5.02 Å². The number of hydrogen-bond acceptors (Lipinski definition) is 5. The van der Waals surface area contributed by atoms with Crippen molar-refractivity contribution in [2.45, 2.75) is 12.1 Å². The molecule has 1 atom stereocenters. The first-order chi connectivity index (χ1) is 12.6. The molecular weight excluding hydrogens is 395 g/mol. The number of nitro benzene ring substituents is 1. The highest BCUT2D eigenvalue weighted by atomic mass is 35.5. The molecule has 2 amide bonds. The van der Waals surface area contributed by atoms with Crippen molar-refractivity contribution in [3.63, 3.8) is 0 Å². The zero-order chi connectivity index (χ0) is 19.8. The van der Waals surface area contributed by atoms with E-state index in [4.69, 9.17) is 21.1 Å². The summed E-state index contributed by atoms with van der Waals surface area (Å²) in [5.74, 6) is -4.01. The third-order valence-electron chi connectivity index (χ3n) is 3.40. The Morgan fingerprint density at radius 1 is 1.11 bits per heavy atom. The molecule has 2 aromatic carbocycles. The zero-order valence-electron chi connectivity index (χ0n) is 13.0. The van der Waals surface area contributed by atoms with E-state index >= 15 is 0 Å². The van der Waals surface area contributed by atoms with Crippen LogP contribution in [0.25, 0.3) is 0 Å². The van der Waals surface area contributed by atoms with Crippen LogP contribution < -0.4 is 20.1 Å². The molecule has 0 radical (unpaired) electrons. The number of benzene rings is 2. The number of halogens is 4. The molecule has 0 aromatic heterocycles. The number of alkyl halides is 3. The summed E-state index contributed by atoms with van der Waals surface area (Å²) in [6.07, 6.45) is -5.13. The zero-order valence-corrected chi connectivity index (χ0v) is 13.8. The first-order valence-corrected chi connectivity index (χ1v) is 7.55. The molecule has 0 saturated heterocycles. The highest BCUT2D eigenvalue weighted by Crippen LogP contribution is 2.46. The van der Waals surface area contributed by atoms with Crippen LogP contribution in [0.1, 0.15) is 0 Å². The van der Waals surface area contributed by atoms with Gasteiger partial charge in [-0.3, -0.25) is 15.4 Å². The largest absolute Gasteiger partial charge is 0.492 e. The fraction of sp³-hybridized carbons (Fsp3) is 0.133. The Labute approximate surface area is 154 Å². The Morgan fingerprint density at radius 3 is 2.33 bits per heavy atom. The van der Waals surface area contributed by atoms with Gasteiger partial charge in [-0.15, -0.1) is 0 Å². The van der Waals surface area contributed by atoms with Gasteiger partial charge in [0.15, 0.2) is 11.5 Å². The summed E-state index contributed by atoms with van der Waals surface area (Å²) < 4.78 is 50.2. The van der Waals surface area contributed by atoms with Gasteiger partial charge in [0.05, 0.1) is 4.92 Å². The van der Waals surface area contributed by atoms with Gasteiger partial charge in [-0.2, -0.15) is 13.2 Å². The van der Waals surface area contributed by atoms with Crippen LogP contribution in [0.5, 0.6) is 11.5 Å². The summed E-state index contributed by atoms with van der Waals surface area (Å²) in [6.45, 7) is 0. The van der Waals surface area contributed by atoms with Crippen LogP contribution in [0.4, 0.5) is 29.3 Å². The average molecular weight is 404 g/mol. The van der Waals surface area contributed by atoms with E-state index in [0.29, 0.717) is 0 Å². The number of fused-ring (bicyclic) bond motifs is 1. The molecule has 142 valence electrons. The van der Waals surface area contributed by atoms with E-state index in [1.54, 1.807) is 5.32 Å². The van der Waals surface area contributed by atoms with Crippen molar-refractivity contribution in [3.05, 3.63) is 57.6 Å². The van der Waals surface area contributed by atoms with E-state index in [-0.39, 0.29) is 27.9 Å². The number of urea groups is 1. The molecule has 2 aromatic rings. The molecule has 0 fully saturated rings. The lowest BCUT2D eigenvalue weighted by molar-refractivity contribution is -0.384. The monoisotopic (exact) mass is 403 g/mol. The second-order valence-corrected chi connectivity index (χ2v) is 5.73. The maximum absolute atomic E-state index is 13.5. The predicted octanol–water partition coefficient (Wildman–Crippen LogP) is 4.06. The minimum atomic E-state index is -5.13. The maximum atomic E-state index is 13.5. The Hall–Kier alpha value is -3.21. The van der Waals surface area contributed by atoms with E-state index in [1.807, 2.05) is 0 Å². The van der Waals surface area contributed by atoms with Crippen molar-refractivity contribution in [1.82, 2.24) is 5.32 Å². The van der Waals surface area contributed by atoms with Crippen LogP contribution in [-0.4, -0.2) is 23.0 Å². The topological polar surface area (TPSA) is 103 Å². The Kier molecular flexibility index (Phi) is 4.47. The lowest BCUT2D eigenvalue weighted by Gasteiger charge is -2.29. The molecule has 0 spiro atoms. The minimum absolute atomic E-state index is 0.0222. The summed E-state index contributed by atoms with van der Waals surface area (Å²) >= 11 is 5.71. The second kappa shape index (κ2) is 6.50. The molecule has 0 bridgehead atoms. The Balaban J connectivity index is 1.78. The number of anilines is 1. The molecule has 1 aliphatic rings. The SMILES string of the molecule is O=C(Nc1ccc([N+](=O)[O-])cc1)N[C@@]1(C(F)(F)F)Oc2ccc(Cl)cc2O1. The number of carbonyl (C=O) groups is 1. The number of carbonyl (C=O) groups excluding carboxylic acids is 1. The predicted molar refractivity (Wildman–Crippen MR) is 86.7 cm³/mol. The van der Waals surface area contributed by atoms with Gasteiger partial charge < -0.3 is 14.8 Å². The Morgan fingerprint density at radius 2 is 1.74 bits per heavy atom. The standard InChI is InChI=1S/C15H9ClF3N3O5/c16-8-1-6-11-12(7-8)27-15(26-11,14(17,18)19)21-13(23)20-9-2-4-10(5-3-9)22(24)25/h1-7H,(H2,20,21,23)/t15-/m0/s1. The number of hydrogen-bond donors (Lipinski definition) is 2. The first-order valence-electron chi connectivity index (χ1n) is 7.17. The molecule has 0 saturated carbocycles. The number of rotatable bonds is 3. The Bertz CT molecular complexity index is 907. The molecule has 0 unspecified atom stereocenters. The first kappa shape index (κ1) is 18.6. The molecule has 1 heterocycles. The van der Waals surface area contributed by atoms with E-state index in [1.165, 1.54) is 12.1 Å². The summed E-state index contributed by atoms with van der Waals surface area (Å²) in [7, 11) is 0. The number of nitro groups is 1. The van der Waals surface area contributed by atoms with E-state index in [2.05, 4.69) is 5.32 Å². The van der Waals surface area contributed by atoms with Gasteiger partial charge in [0.25, 0.3) is 5.69 Å². The van der Waals surface area contributed by atoms with Gasteiger partial charge in [0, 0.05) is 28.9 Å². The molecule has 27 heavy (non-hydrogen) atoms. The van der Waals surface area contributed by atoms with E-state index in [9.17, 15) is 28.1 Å². The molecule has 1 aliphatic heterocycles. The summed E-state index contributed by atoms with van der Waals surface area (Å²) in [5, 5.41) is 14.4. The fourth-order valence-electron chi connectivity index (χ4n) is 2.19. The molecule has 2 N–H and O–H groups in total. The van der Waals surface area contributed by atoms with Crippen molar-refractivity contribution in [2.75, 3.05) is 5.32 Å². The summed E-state index contributed by atoms with van der Waals surface area (Å²) in [4.78, 5) is 21.9. The van der Waals surface area contributed by atoms with Crippen molar-refractivity contribution in [1.29, 1.82) is 0 Å². The highest BCUT2D eigenvalue weighted by molar-refractivity contribution is 6.30. The van der Waals surface area contributed by atoms with Crippen LogP contribution in [0.3, 0.4) is 0 Å². The van der Waals surface area contributed by atoms with Gasteiger partial charge in [0.1, 0.15) is 0 Å². The number of nitrogens with one attached hydrogen (secondary N) is 2. The van der Waals surface area contributed by atoms with E-state index < -0.39 is 23.0 Å². The van der Waals surface area contributed by atoms with Gasteiger partial charge in [-0.05, 0) is 24.3 Å². The lowest BCUT2D eigenvalue weighted by Crippen LogP contribution is -2.65. The molecule has 8 nitrogen and oxygen atoms in total. The van der Waals surface area contributed by atoms with Crippen LogP contribution >= 0.6 is 11.6 Å². The molecule has 12 heteroatoms. The van der Waals surface area contributed by atoms with Crippen molar-refractivity contribution in [3.8, 4) is 11.5 Å². The number of nitrogens with zero attached hydrogens (tertiary/aromatic N) is 1. The fourth-order valence-corrected chi connectivity index (χ4v) is 2.35. The van der Waals surface area contributed by atoms with Crippen LogP contribution in [-0.2, 0) is 0 Å². The number of ether oxygens (including phenoxy) is 2. The molecular formula is C15H9ClF3N3O5. The van der Waals surface area contributed by atoms with Gasteiger partial charge in [-0.25, -0.2) is 4.79 Å². The van der Waals surface area contributed by atoms with Crippen LogP contribution in [0.15, 0.2) is 42.5 Å². The molecule has 0 aliphatic carbocycles. The quantitative estimate of drug-likeness (QED) is 0.594. The van der Waals surface area contributed by atoms with Gasteiger partial charge in [-0.1, -0.05) is 11.6 Å². The van der Waals surface area contributed by atoms with Crippen molar-refractivity contribution in [2.24, 2.45) is 0 Å². The van der Waals surface area contributed by atoms with Crippen LogP contribution in [0, 0.1) is 10.1 Å². The second-order valence-electron chi connectivity index (χ2n) is 5.29. The summed E-state index contributed by atoms with van der Waals surface area (Å²) in [6, 6.07) is 6.74. The smallest absolute Gasteiger partial charge is 0.424 e. The highest BCUT2D eigenvalue weighted by Gasteiger charge is 2.65. The third kappa shape index (κ3) is 3.67. The average Bonchev–Trinajstić information content (AvgIpc) is 2.93. The minimum Gasteiger partial charge on any atom is -0.424 e. The summed E-state index contributed by atoms with van der Waals surface area (Å²) in [5.41, 5.74) is -0.225. The third-order valence-corrected chi connectivity index (χ3v) is 3.64. The maximum Gasteiger partial charge on any atom is 0.492 e. The number of non-ortho nitro benzene ring substituents is 1. The van der Waals surface area contributed by atoms with Crippen molar-refractivity contribution < 1.29 is 32.4 Å².